The molecule has 1 atom stereocenters. The number of carbonyl (C=O) groups is 2. The highest BCUT2D eigenvalue weighted by Gasteiger charge is 2.16. The fourth-order valence-electron chi connectivity index (χ4n) is 3.75. The minimum Gasteiger partial charge on any atom is -0.354 e. The van der Waals surface area contributed by atoms with Crippen molar-refractivity contribution in [2.75, 3.05) is 20.1 Å². The van der Waals surface area contributed by atoms with Crippen LogP contribution in [-0.4, -0.2) is 36.8 Å². The van der Waals surface area contributed by atoms with Gasteiger partial charge >= 0.3 is 0 Å². The van der Waals surface area contributed by atoms with Gasteiger partial charge in [-0.1, -0.05) is 30.3 Å². The van der Waals surface area contributed by atoms with E-state index in [1.54, 1.807) is 13.1 Å². The van der Waals surface area contributed by atoms with E-state index in [1.165, 1.54) is 12.8 Å². The Morgan fingerprint density at radius 1 is 1.21 bits per heavy atom. The van der Waals surface area contributed by atoms with Crippen molar-refractivity contribution in [1.82, 2.24) is 15.6 Å². The van der Waals surface area contributed by atoms with Gasteiger partial charge in [-0.25, -0.2) is 4.98 Å². The molecule has 28 heavy (non-hydrogen) atoms. The summed E-state index contributed by atoms with van der Waals surface area (Å²) < 4.78 is 0. The summed E-state index contributed by atoms with van der Waals surface area (Å²) in [5, 5.41) is 6.03. The maximum Gasteiger partial charge on any atom is 0.269 e. The summed E-state index contributed by atoms with van der Waals surface area (Å²) in [7, 11) is 1.58. The van der Waals surface area contributed by atoms with Crippen molar-refractivity contribution in [2.24, 2.45) is 5.92 Å². The number of ketones is 1. The molecule has 1 saturated heterocycles. The Balaban J connectivity index is 1.69. The Kier molecular flexibility index (Phi) is 7.31. The average Bonchev–Trinajstić information content (AvgIpc) is 2.74. The van der Waals surface area contributed by atoms with Crippen LogP contribution in [0.4, 0.5) is 0 Å². The third-order valence-electron chi connectivity index (χ3n) is 5.30. The van der Waals surface area contributed by atoms with E-state index < -0.39 is 0 Å². The number of Topliss-reactive ketones (excluding diaryl/α,β-unsaturated/α-hetero) is 1. The van der Waals surface area contributed by atoms with E-state index in [9.17, 15) is 9.59 Å². The number of hydrogen-bond acceptors (Lipinski definition) is 4. The number of aromatic nitrogens is 1. The second-order valence-corrected chi connectivity index (χ2v) is 7.50. The predicted octanol–water partition coefficient (Wildman–Crippen LogP) is 3.38. The first-order chi connectivity index (χ1) is 13.7. The minimum atomic E-state index is -0.266. The first-order valence-electron chi connectivity index (χ1n) is 10.2. The van der Waals surface area contributed by atoms with Gasteiger partial charge in [0.05, 0.1) is 0 Å². The van der Waals surface area contributed by atoms with Crippen molar-refractivity contribution >= 4 is 11.7 Å². The van der Waals surface area contributed by atoms with E-state index in [0.29, 0.717) is 30.0 Å². The lowest BCUT2D eigenvalue weighted by Gasteiger charge is -2.22. The molecule has 3 rings (SSSR count). The molecule has 0 saturated carbocycles. The van der Waals surface area contributed by atoms with Crippen LogP contribution in [0.15, 0.2) is 42.5 Å². The molecule has 0 aliphatic carbocycles. The molecule has 1 unspecified atom stereocenters. The maximum absolute atomic E-state index is 12.8. The molecule has 0 radical (unpaired) electrons. The Labute approximate surface area is 167 Å². The maximum atomic E-state index is 12.8. The zero-order valence-electron chi connectivity index (χ0n) is 16.5. The fourth-order valence-corrected chi connectivity index (χ4v) is 3.75. The predicted molar refractivity (Wildman–Crippen MR) is 111 cm³/mol. The Bertz CT molecular complexity index is 799. The van der Waals surface area contributed by atoms with Gasteiger partial charge in [0, 0.05) is 31.1 Å². The first kappa shape index (κ1) is 20.2. The monoisotopic (exact) mass is 379 g/mol. The van der Waals surface area contributed by atoms with E-state index in [0.717, 1.165) is 37.2 Å². The molecular weight excluding hydrogens is 350 g/mol. The summed E-state index contributed by atoms with van der Waals surface area (Å²) in [4.78, 5) is 29.4. The van der Waals surface area contributed by atoms with Crippen LogP contribution in [0.3, 0.4) is 0 Å². The van der Waals surface area contributed by atoms with Crippen LogP contribution in [0.2, 0.25) is 0 Å². The van der Waals surface area contributed by atoms with Gasteiger partial charge in [-0.15, -0.1) is 0 Å². The summed E-state index contributed by atoms with van der Waals surface area (Å²) in [5.41, 5.74) is 2.73. The van der Waals surface area contributed by atoms with Gasteiger partial charge in [0.25, 0.3) is 5.91 Å². The molecule has 1 aromatic carbocycles. The number of rotatable bonds is 8. The molecule has 1 aromatic heterocycles. The number of nitrogens with one attached hydrogen (secondary N) is 2. The lowest BCUT2D eigenvalue weighted by atomic mass is 9.92. The second kappa shape index (κ2) is 10.1. The highest BCUT2D eigenvalue weighted by atomic mass is 16.1. The molecule has 5 nitrogen and oxygen atoms in total. The molecule has 2 aromatic rings. The summed E-state index contributed by atoms with van der Waals surface area (Å²) >= 11 is 0. The van der Waals surface area contributed by atoms with Crippen LogP contribution < -0.4 is 10.6 Å². The van der Waals surface area contributed by atoms with Crippen molar-refractivity contribution in [3.63, 3.8) is 0 Å². The highest BCUT2D eigenvalue weighted by molar-refractivity contribution is 5.99. The van der Waals surface area contributed by atoms with E-state index in [2.05, 4.69) is 15.6 Å². The summed E-state index contributed by atoms with van der Waals surface area (Å²) in [6.45, 7) is 2.17. The van der Waals surface area contributed by atoms with Crippen molar-refractivity contribution in [2.45, 2.75) is 38.5 Å². The van der Waals surface area contributed by atoms with Crippen molar-refractivity contribution < 1.29 is 9.59 Å². The SMILES string of the molecule is CNC(=O)c1cc(C(=O)CCCC2CCCNC2)cc(Cc2ccccc2)n1. The molecule has 1 aliphatic rings. The Morgan fingerprint density at radius 2 is 2.04 bits per heavy atom. The largest absolute Gasteiger partial charge is 0.354 e. The van der Waals surface area contributed by atoms with E-state index in [-0.39, 0.29) is 11.7 Å². The third kappa shape index (κ3) is 5.73. The highest BCUT2D eigenvalue weighted by Crippen LogP contribution is 2.19. The number of hydrogen-bond donors (Lipinski definition) is 2. The number of nitrogens with zero attached hydrogens (tertiary/aromatic N) is 1. The lowest BCUT2D eigenvalue weighted by Crippen LogP contribution is -2.29. The average molecular weight is 380 g/mol. The van der Waals surface area contributed by atoms with Gasteiger partial charge in [0.1, 0.15) is 5.69 Å². The van der Waals surface area contributed by atoms with Gasteiger partial charge in [0.15, 0.2) is 5.78 Å². The van der Waals surface area contributed by atoms with Crippen molar-refractivity contribution in [3.05, 3.63) is 65.0 Å². The van der Waals surface area contributed by atoms with Crippen LogP contribution in [0.5, 0.6) is 0 Å². The van der Waals surface area contributed by atoms with E-state index in [4.69, 9.17) is 0 Å². The lowest BCUT2D eigenvalue weighted by molar-refractivity contribution is 0.0958. The number of amides is 1. The number of carbonyl (C=O) groups excluding carboxylic acids is 2. The molecule has 148 valence electrons. The zero-order chi connectivity index (χ0) is 19.8. The molecular formula is C23H29N3O2. The van der Waals surface area contributed by atoms with Gasteiger partial charge in [-0.2, -0.15) is 0 Å². The summed E-state index contributed by atoms with van der Waals surface area (Å²) in [6, 6.07) is 13.4. The van der Waals surface area contributed by atoms with E-state index >= 15 is 0 Å². The molecule has 1 fully saturated rings. The van der Waals surface area contributed by atoms with Gasteiger partial charge < -0.3 is 10.6 Å². The van der Waals surface area contributed by atoms with Crippen LogP contribution in [0, 0.1) is 5.92 Å². The molecule has 1 aliphatic heterocycles. The molecule has 5 heteroatoms. The molecule has 0 bridgehead atoms. The first-order valence-corrected chi connectivity index (χ1v) is 10.2. The Hall–Kier alpha value is -2.53. The number of benzene rings is 1. The van der Waals surface area contributed by atoms with Crippen LogP contribution in [0.25, 0.3) is 0 Å². The van der Waals surface area contributed by atoms with Gasteiger partial charge in [-0.05, 0) is 62.4 Å². The fraction of sp³-hybridized carbons (Fsp3) is 0.435. The summed E-state index contributed by atoms with van der Waals surface area (Å²) in [6.07, 6.45) is 5.54. The Morgan fingerprint density at radius 3 is 2.75 bits per heavy atom. The number of piperidine rings is 1. The third-order valence-corrected chi connectivity index (χ3v) is 5.30. The van der Waals surface area contributed by atoms with Gasteiger partial charge in [-0.3, -0.25) is 9.59 Å². The normalized spacial score (nSPS) is 16.5. The van der Waals surface area contributed by atoms with Crippen molar-refractivity contribution in [3.8, 4) is 0 Å². The quantitative estimate of drug-likeness (QED) is 0.690. The minimum absolute atomic E-state index is 0.0885. The van der Waals surface area contributed by atoms with Gasteiger partial charge in [0.2, 0.25) is 0 Å². The molecule has 2 N–H and O–H groups in total. The van der Waals surface area contributed by atoms with Crippen LogP contribution in [-0.2, 0) is 6.42 Å². The summed E-state index contributed by atoms with van der Waals surface area (Å²) in [5.74, 6) is 0.497. The van der Waals surface area contributed by atoms with Crippen LogP contribution >= 0.6 is 0 Å². The topological polar surface area (TPSA) is 71.1 Å². The smallest absolute Gasteiger partial charge is 0.269 e. The second-order valence-electron chi connectivity index (χ2n) is 7.50. The zero-order valence-corrected chi connectivity index (χ0v) is 16.5. The van der Waals surface area contributed by atoms with E-state index in [1.807, 2.05) is 36.4 Å². The van der Waals surface area contributed by atoms with Crippen molar-refractivity contribution in [1.29, 1.82) is 0 Å². The standard InChI is InChI=1S/C23H29N3O2/c1-24-23(28)21-15-19(14-20(26-21)13-17-7-3-2-4-8-17)22(27)11-5-9-18-10-6-12-25-16-18/h2-4,7-8,14-15,18,25H,5-6,9-13,16H2,1H3,(H,24,28). The number of pyridine rings is 1. The molecule has 1 amide bonds. The molecule has 0 spiro atoms. The van der Waals surface area contributed by atoms with Crippen LogP contribution in [0.1, 0.15) is 64.2 Å². The molecule has 2 heterocycles.